The number of hydrogen-bond donors (Lipinski definition) is 3. The van der Waals surface area contributed by atoms with Crippen LogP contribution in [0.15, 0.2) is 48.5 Å². The number of primary amides is 1. The molecule has 0 aromatic heterocycles. The molecule has 0 aliphatic rings. The van der Waals surface area contributed by atoms with Gasteiger partial charge in [0.1, 0.15) is 0 Å². The molecule has 2 aromatic carbocycles. The minimum Gasteiger partial charge on any atom is -0.380 e. The number of nitrogens with two attached hydrogens (primary N) is 1. The Bertz CT molecular complexity index is 716. The summed E-state index contributed by atoms with van der Waals surface area (Å²) >= 11 is 0. The van der Waals surface area contributed by atoms with Crippen LogP contribution < -0.4 is 16.4 Å². The van der Waals surface area contributed by atoms with Gasteiger partial charge in [0.05, 0.1) is 6.61 Å². The molecule has 0 spiro atoms. The lowest BCUT2D eigenvalue weighted by molar-refractivity contribution is 0.1000. The molecule has 3 amide bonds. The molecule has 6 nitrogen and oxygen atoms in total. The minimum absolute atomic E-state index is 0.285. The van der Waals surface area contributed by atoms with E-state index in [1.807, 2.05) is 30.3 Å². The maximum Gasteiger partial charge on any atom is 0.315 e. The van der Waals surface area contributed by atoms with Gasteiger partial charge in [0, 0.05) is 25.8 Å². The number of carbonyl (C=O) groups excluding carboxylic acids is 2. The predicted molar refractivity (Wildman–Crippen MR) is 91.2 cm³/mol. The number of amides is 3. The lowest BCUT2D eigenvalue weighted by Crippen LogP contribution is -2.34. The van der Waals surface area contributed by atoms with Gasteiger partial charge in [-0.1, -0.05) is 36.4 Å². The van der Waals surface area contributed by atoms with Crippen LogP contribution >= 0.6 is 0 Å². The third kappa shape index (κ3) is 5.10. The standard InChI is InChI=1S/C18H21N3O3/c1-24-12-16-7-3-2-6-15(16)11-21-18(23)20-10-13-5-4-8-14(9-13)17(19)22/h2-9H,10-12H2,1H3,(H2,19,22)(H2,20,21,23). The molecule has 0 atom stereocenters. The van der Waals surface area contributed by atoms with Crippen molar-refractivity contribution in [2.45, 2.75) is 19.7 Å². The Kier molecular flexibility index (Phi) is 6.33. The fourth-order valence-electron chi connectivity index (χ4n) is 2.28. The van der Waals surface area contributed by atoms with Gasteiger partial charge in [-0.2, -0.15) is 0 Å². The van der Waals surface area contributed by atoms with E-state index in [9.17, 15) is 9.59 Å². The number of hydrogen-bond acceptors (Lipinski definition) is 3. The molecule has 6 heteroatoms. The largest absolute Gasteiger partial charge is 0.380 e. The fraction of sp³-hybridized carbons (Fsp3) is 0.222. The van der Waals surface area contributed by atoms with Crippen molar-refractivity contribution < 1.29 is 14.3 Å². The number of methoxy groups -OCH3 is 1. The molecule has 0 bridgehead atoms. The fourth-order valence-corrected chi connectivity index (χ4v) is 2.28. The summed E-state index contributed by atoms with van der Waals surface area (Å²) in [4.78, 5) is 23.1. The molecule has 0 heterocycles. The summed E-state index contributed by atoms with van der Waals surface area (Å²) in [5.41, 5.74) is 8.51. The Morgan fingerprint density at radius 1 is 1.00 bits per heavy atom. The average molecular weight is 327 g/mol. The summed E-state index contributed by atoms with van der Waals surface area (Å²) in [6, 6.07) is 14.3. The SMILES string of the molecule is COCc1ccccc1CNC(=O)NCc1cccc(C(N)=O)c1. The monoisotopic (exact) mass is 327 g/mol. The highest BCUT2D eigenvalue weighted by atomic mass is 16.5. The number of nitrogens with one attached hydrogen (secondary N) is 2. The van der Waals surface area contributed by atoms with Crippen molar-refractivity contribution >= 4 is 11.9 Å². The van der Waals surface area contributed by atoms with Crippen molar-refractivity contribution in [2.24, 2.45) is 5.73 Å². The van der Waals surface area contributed by atoms with Crippen LogP contribution in [-0.4, -0.2) is 19.0 Å². The van der Waals surface area contributed by atoms with Gasteiger partial charge in [0.25, 0.3) is 0 Å². The number of rotatable bonds is 7. The van der Waals surface area contributed by atoms with Gasteiger partial charge in [-0.3, -0.25) is 4.79 Å². The van der Waals surface area contributed by atoms with E-state index in [0.717, 1.165) is 16.7 Å². The van der Waals surface area contributed by atoms with Gasteiger partial charge < -0.3 is 21.1 Å². The van der Waals surface area contributed by atoms with Crippen molar-refractivity contribution in [3.05, 3.63) is 70.8 Å². The third-order valence-corrected chi connectivity index (χ3v) is 3.52. The summed E-state index contributed by atoms with van der Waals surface area (Å²) in [6.45, 7) is 1.22. The molecule has 0 aliphatic carbocycles. The highest BCUT2D eigenvalue weighted by Gasteiger charge is 2.06. The van der Waals surface area contributed by atoms with Crippen LogP contribution in [0.3, 0.4) is 0 Å². The summed E-state index contributed by atoms with van der Waals surface area (Å²) in [7, 11) is 1.64. The van der Waals surface area contributed by atoms with E-state index in [0.29, 0.717) is 25.3 Å². The molecule has 126 valence electrons. The van der Waals surface area contributed by atoms with Crippen LogP contribution in [0.1, 0.15) is 27.0 Å². The van der Waals surface area contributed by atoms with Gasteiger partial charge >= 0.3 is 6.03 Å². The van der Waals surface area contributed by atoms with E-state index in [2.05, 4.69) is 10.6 Å². The first-order valence-corrected chi connectivity index (χ1v) is 7.56. The number of urea groups is 1. The van der Waals surface area contributed by atoms with Crippen molar-refractivity contribution in [3.63, 3.8) is 0 Å². The summed E-state index contributed by atoms with van der Waals surface area (Å²) < 4.78 is 5.15. The smallest absolute Gasteiger partial charge is 0.315 e. The number of benzene rings is 2. The highest BCUT2D eigenvalue weighted by Crippen LogP contribution is 2.09. The molecular weight excluding hydrogens is 306 g/mol. The van der Waals surface area contributed by atoms with Gasteiger partial charge in [0.2, 0.25) is 5.91 Å². The Morgan fingerprint density at radius 3 is 2.42 bits per heavy atom. The number of ether oxygens (including phenoxy) is 1. The van der Waals surface area contributed by atoms with E-state index in [-0.39, 0.29) is 6.03 Å². The van der Waals surface area contributed by atoms with Gasteiger partial charge in [-0.25, -0.2) is 4.79 Å². The summed E-state index contributed by atoms with van der Waals surface area (Å²) in [6.07, 6.45) is 0. The van der Waals surface area contributed by atoms with Crippen molar-refractivity contribution in [1.29, 1.82) is 0 Å². The quantitative estimate of drug-likeness (QED) is 0.725. The topological polar surface area (TPSA) is 93.4 Å². The minimum atomic E-state index is -0.490. The Balaban J connectivity index is 1.86. The first-order chi connectivity index (χ1) is 11.6. The normalized spacial score (nSPS) is 10.2. The predicted octanol–water partition coefficient (Wildman–Crippen LogP) is 1.93. The first-order valence-electron chi connectivity index (χ1n) is 7.56. The molecule has 0 radical (unpaired) electrons. The molecule has 2 rings (SSSR count). The molecule has 0 unspecified atom stereocenters. The Hall–Kier alpha value is -2.86. The second-order valence-corrected chi connectivity index (χ2v) is 5.30. The zero-order chi connectivity index (χ0) is 17.4. The molecule has 0 fully saturated rings. The van der Waals surface area contributed by atoms with Crippen LogP contribution in [-0.2, 0) is 24.4 Å². The molecule has 2 aromatic rings. The van der Waals surface area contributed by atoms with Gasteiger partial charge in [0.15, 0.2) is 0 Å². The van der Waals surface area contributed by atoms with Crippen molar-refractivity contribution in [2.75, 3.05) is 7.11 Å². The average Bonchev–Trinajstić information content (AvgIpc) is 2.59. The van der Waals surface area contributed by atoms with Gasteiger partial charge in [-0.05, 0) is 28.8 Å². The lowest BCUT2D eigenvalue weighted by atomic mass is 10.1. The Labute approximate surface area is 141 Å². The number of carbonyl (C=O) groups is 2. The maximum atomic E-state index is 11.9. The second-order valence-electron chi connectivity index (χ2n) is 5.30. The van der Waals surface area contributed by atoms with Crippen LogP contribution in [0.5, 0.6) is 0 Å². The zero-order valence-electron chi connectivity index (χ0n) is 13.5. The van der Waals surface area contributed by atoms with E-state index in [1.54, 1.807) is 25.3 Å². The van der Waals surface area contributed by atoms with Crippen LogP contribution in [0.25, 0.3) is 0 Å². The molecule has 0 saturated heterocycles. The van der Waals surface area contributed by atoms with E-state index in [1.165, 1.54) is 0 Å². The molecular formula is C18H21N3O3. The maximum absolute atomic E-state index is 11.9. The molecule has 24 heavy (non-hydrogen) atoms. The van der Waals surface area contributed by atoms with Crippen LogP contribution in [0, 0.1) is 0 Å². The third-order valence-electron chi connectivity index (χ3n) is 3.52. The van der Waals surface area contributed by atoms with Crippen molar-refractivity contribution in [1.82, 2.24) is 10.6 Å². The van der Waals surface area contributed by atoms with Gasteiger partial charge in [-0.15, -0.1) is 0 Å². The first kappa shape index (κ1) is 17.5. The van der Waals surface area contributed by atoms with E-state index in [4.69, 9.17) is 10.5 Å². The van der Waals surface area contributed by atoms with Crippen LogP contribution in [0.2, 0.25) is 0 Å². The Morgan fingerprint density at radius 2 is 1.71 bits per heavy atom. The lowest BCUT2D eigenvalue weighted by Gasteiger charge is -2.11. The molecule has 0 saturated carbocycles. The highest BCUT2D eigenvalue weighted by molar-refractivity contribution is 5.92. The van der Waals surface area contributed by atoms with Crippen LogP contribution in [0.4, 0.5) is 4.79 Å². The van der Waals surface area contributed by atoms with E-state index >= 15 is 0 Å². The second kappa shape index (κ2) is 8.69. The van der Waals surface area contributed by atoms with Crippen molar-refractivity contribution in [3.8, 4) is 0 Å². The zero-order valence-corrected chi connectivity index (χ0v) is 13.5. The summed E-state index contributed by atoms with van der Waals surface area (Å²) in [5.74, 6) is -0.490. The molecule has 4 N–H and O–H groups in total. The summed E-state index contributed by atoms with van der Waals surface area (Å²) in [5, 5.41) is 5.56. The molecule has 0 aliphatic heterocycles. The van der Waals surface area contributed by atoms with E-state index < -0.39 is 5.91 Å².